The van der Waals surface area contributed by atoms with Crippen LogP contribution in [0, 0.1) is 11.3 Å². The monoisotopic (exact) mass is 272 g/mol. The van der Waals surface area contributed by atoms with Crippen LogP contribution in [-0.2, 0) is 4.79 Å². The molecule has 1 rings (SSSR count). The lowest BCUT2D eigenvalue weighted by atomic mass is 10.2. The molecule has 0 radical (unpaired) electrons. The van der Waals surface area contributed by atoms with Crippen molar-refractivity contribution in [2.45, 2.75) is 19.2 Å². The van der Waals surface area contributed by atoms with Gasteiger partial charge < -0.3 is 10.1 Å². The SMILES string of the molecule is C[C@H](Oc1ccccc1C#N)C(=O)NCC(F)(F)F. The Bertz CT molecular complexity index is 494. The first-order chi connectivity index (χ1) is 8.83. The third kappa shape index (κ3) is 4.87. The summed E-state index contributed by atoms with van der Waals surface area (Å²) in [4.78, 5) is 11.4. The highest BCUT2D eigenvalue weighted by atomic mass is 19.4. The van der Waals surface area contributed by atoms with Crippen molar-refractivity contribution >= 4 is 5.91 Å². The van der Waals surface area contributed by atoms with Crippen LogP contribution in [0.1, 0.15) is 12.5 Å². The molecule has 0 aliphatic heterocycles. The van der Waals surface area contributed by atoms with Crippen LogP contribution >= 0.6 is 0 Å². The van der Waals surface area contributed by atoms with Gasteiger partial charge in [-0.25, -0.2) is 0 Å². The average molecular weight is 272 g/mol. The molecule has 0 aliphatic rings. The van der Waals surface area contributed by atoms with E-state index < -0.39 is 24.7 Å². The van der Waals surface area contributed by atoms with E-state index in [4.69, 9.17) is 10.00 Å². The van der Waals surface area contributed by atoms with Gasteiger partial charge in [0.05, 0.1) is 5.56 Å². The predicted molar refractivity (Wildman–Crippen MR) is 60.3 cm³/mol. The number of nitrogens with zero attached hydrogens (tertiary/aromatic N) is 1. The molecule has 1 atom stereocenters. The van der Waals surface area contributed by atoms with E-state index in [0.29, 0.717) is 0 Å². The van der Waals surface area contributed by atoms with Crippen molar-refractivity contribution in [3.05, 3.63) is 29.8 Å². The van der Waals surface area contributed by atoms with Gasteiger partial charge in [-0.15, -0.1) is 0 Å². The van der Waals surface area contributed by atoms with Gasteiger partial charge >= 0.3 is 6.18 Å². The third-order valence-corrected chi connectivity index (χ3v) is 2.14. The molecular weight excluding hydrogens is 261 g/mol. The summed E-state index contributed by atoms with van der Waals surface area (Å²) in [6.45, 7) is -0.112. The third-order valence-electron chi connectivity index (χ3n) is 2.14. The van der Waals surface area contributed by atoms with Crippen molar-refractivity contribution in [3.63, 3.8) is 0 Å². The summed E-state index contributed by atoms with van der Waals surface area (Å²) in [5.74, 6) is -0.746. The molecule has 1 N–H and O–H groups in total. The summed E-state index contributed by atoms with van der Waals surface area (Å²) in [6.07, 6.45) is -5.60. The Labute approximate surface area is 107 Å². The number of benzene rings is 1. The van der Waals surface area contributed by atoms with E-state index in [-0.39, 0.29) is 11.3 Å². The second-order valence-corrected chi connectivity index (χ2v) is 3.70. The molecule has 0 bridgehead atoms. The highest BCUT2D eigenvalue weighted by Gasteiger charge is 2.29. The van der Waals surface area contributed by atoms with E-state index in [2.05, 4.69) is 0 Å². The second-order valence-electron chi connectivity index (χ2n) is 3.70. The molecule has 0 aromatic heterocycles. The smallest absolute Gasteiger partial charge is 0.405 e. The van der Waals surface area contributed by atoms with Crippen molar-refractivity contribution < 1.29 is 22.7 Å². The summed E-state index contributed by atoms with van der Waals surface area (Å²) in [5, 5.41) is 10.5. The van der Waals surface area contributed by atoms with E-state index in [0.717, 1.165) is 0 Å². The highest BCUT2D eigenvalue weighted by Crippen LogP contribution is 2.18. The summed E-state index contributed by atoms with van der Waals surface area (Å²) < 4.78 is 40.9. The topological polar surface area (TPSA) is 62.1 Å². The lowest BCUT2D eigenvalue weighted by Crippen LogP contribution is -2.41. The van der Waals surface area contributed by atoms with Gasteiger partial charge in [-0.1, -0.05) is 12.1 Å². The average Bonchev–Trinajstić information content (AvgIpc) is 2.35. The lowest BCUT2D eigenvalue weighted by molar-refractivity contribution is -0.142. The maximum absolute atomic E-state index is 11.9. The van der Waals surface area contributed by atoms with Gasteiger partial charge in [0.15, 0.2) is 6.10 Å². The largest absolute Gasteiger partial charge is 0.480 e. The first-order valence-corrected chi connectivity index (χ1v) is 5.33. The summed E-state index contributed by atoms with van der Waals surface area (Å²) in [5.41, 5.74) is 0.206. The molecule has 102 valence electrons. The van der Waals surface area contributed by atoms with Crippen molar-refractivity contribution in [1.82, 2.24) is 5.32 Å². The molecule has 0 aliphatic carbocycles. The van der Waals surface area contributed by atoms with Gasteiger partial charge in [-0.2, -0.15) is 18.4 Å². The fourth-order valence-corrected chi connectivity index (χ4v) is 1.24. The number of carbonyl (C=O) groups is 1. The molecule has 0 saturated heterocycles. The number of rotatable bonds is 4. The molecule has 0 heterocycles. The Morgan fingerprint density at radius 2 is 2.11 bits per heavy atom. The molecule has 7 heteroatoms. The van der Waals surface area contributed by atoms with Gasteiger partial charge in [0.1, 0.15) is 18.4 Å². The maximum Gasteiger partial charge on any atom is 0.405 e. The molecule has 0 saturated carbocycles. The van der Waals surface area contributed by atoms with Crippen LogP contribution in [0.3, 0.4) is 0 Å². The molecule has 0 spiro atoms. The van der Waals surface area contributed by atoms with Gasteiger partial charge in [0.25, 0.3) is 5.91 Å². The molecular formula is C12H11F3N2O2. The van der Waals surface area contributed by atoms with Gasteiger partial charge in [0.2, 0.25) is 0 Å². The fraction of sp³-hybridized carbons (Fsp3) is 0.333. The Hall–Kier alpha value is -2.23. The number of alkyl halides is 3. The fourth-order valence-electron chi connectivity index (χ4n) is 1.24. The number of hydrogen-bond acceptors (Lipinski definition) is 3. The molecule has 1 aromatic rings. The first-order valence-electron chi connectivity index (χ1n) is 5.33. The zero-order valence-electron chi connectivity index (χ0n) is 9.99. The van der Waals surface area contributed by atoms with E-state index >= 15 is 0 Å². The number of nitriles is 1. The minimum absolute atomic E-state index is 0.152. The first kappa shape index (κ1) is 14.8. The Balaban J connectivity index is 2.62. The number of ether oxygens (including phenoxy) is 1. The number of amides is 1. The number of para-hydroxylation sites is 1. The Morgan fingerprint density at radius 3 is 2.68 bits per heavy atom. The zero-order chi connectivity index (χ0) is 14.5. The standard InChI is InChI=1S/C12H11F3N2O2/c1-8(11(18)17-7-12(13,14)15)19-10-5-3-2-4-9(10)6-16/h2-5,8H,7H2,1H3,(H,17,18)/t8-/m0/s1. The number of halogens is 3. The van der Waals surface area contributed by atoms with Gasteiger partial charge in [-0.05, 0) is 19.1 Å². The van der Waals surface area contributed by atoms with Gasteiger partial charge in [0, 0.05) is 0 Å². The molecule has 19 heavy (non-hydrogen) atoms. The molecule has 0 fully saturated rings. The van der Waals surface area contributed by atoms with Crippen LogP contribution < -0.4 is 10.1 Å². The minimum Gasteiger partial charge on any atom is -0.480 e. The minimum atomic E-state index is -4.47. The van der Waals surface area contributed by atoms with Crippen LogP contribution in [0.5, 0.6) is 5.75 Å². The normalized spacial score (nSPS) is 12.4. The molecule has 1 aromatic carbocycles. The van der Waals surface area contributed by atoms with Crippen molar-refractivity contribution in [2.24, 2.45) is 0 Å². The van der Waals surface area contributed by atoms with Crippen LogP contribution in [0.15, 0.2) is 24.3 Å². The molecule has 1 amide bonds. The van der Waals surface area contributed by atoms with E-state index in [9.17, 15) is 18.0 Å². The van der Waals surface area contributed by atoms with Crippen molar-refractivity contribution in [1.29, 1.82) is 5.26 Å². The quantitative estimate of drug-likeness (QED) is 0.911. The number of nitrogens with one attached hydrogen (secondary N) is 1. The van der Waals surface area contributed by atoms with Crippen molar-refractivity contribution in [2.75, 3.05) is 6.54 Å². The van der Waals surface area contributed by atoms with Crippen LogP contribution in [0.25, 0.3) is 0 Å². The highest BCUT2D eigenvalue weighted by molar-refractivity contribution is 5.80. The van der Waals surface area contributed by atoms with Crippen molar-refractivity contribution in [3.8, 4) is 11.8 Å². The maximum atomic E-state index is 11.9. The summed E-state index contributed by atoms with van der Waals surface area (Å²) in [7, 11) is 0. The predicted octanol–water partition coefficient (Wildman–Crippen LogP) is 2.00. The molecule has 0 unspecified atom stereocenters. The second kappa shape index (κ2) is 6.09. The van der Waals surface area contributed by atoms with Crippen LogP contribution in [0.4, 0.5) is 13.2 Å². The van der Waals surface area contributed by atoms with Crippen LogP contribution in [-0.4, -0.2) is 24.7 Å². The summed E-state index contributed by atoms with van der Waals surface area (Å²) >= 11 is 0. The van der Waals surface area contributed by atoms with E-state index in [1.807, 2.05) is 6.07 Å². The Kier molecular flexibility index (Phi) is 4.75. The summed E-state index contributed by atoms with van der Waals surface area (Å²) in [6, 6.07) is 8.01. The number of hydrogen-bond donors (Lipinski definition) is 1. The Morgan fingerprint density at radius 1 is 1.47 bits per heavy atom. The number of carbonyl (C=O) groups excluding carboxylic acids is 1. The molecule has 4 nitrogen and oxygen atoms in total. The van der Waals surface area contributed by atoms with Gasteiger partial charge in [-0.3, -0.25) is 4.79 Å². The van der Waals surface area contributed by atoms with E-state index in [1.165, 1.54) is 19.1 Å². The lowest BCUT2D eigenvalue weighted by Gasteiger charge is -2.16. The zero-order valence-corrected chi connectivity index (χ0v) is 9.99. The van der Waals surface area contributed by atoms with Crippen LogP contribution in [0.2, 0.25) is 0 Å². The van der Waals surface area contributed by atoms with E-state index in [1.54, 1.807) is 17.4 Å².